The maximum absolute atomic E-state index is 14.8. The fourth-order valence-electron chi connectivity index (χ4n) is 14.6. The van der Waals surface area contributed by atoms with Gasteiger partial charge in [0.05, 0.1) is 155 Å². The Bertz CT molecular complexity index is 4520. The SMILES string of the molecule is CC[C@H](C)[C@H](NC(=O)C(C)(C)N(C)C)C(=O)N(C)[C@H](C[C@@H](OC(C)=O)c1nc(C(=O)N[C@H](Cc2ccc(OCc3ccccc3)c(NC(=O)CCOCNC(=O)CNC(=O)[C@H](CCCCNC(=O)COCCOCCOCCOCCOCCOCCOCCOCCOCCOC)NC(=O)OCC3c4ccccc4-c4ccccc43)c2)C[C@](C)(Cc2ccccc2)C(=O)O)cs1)C(C)C. The zero-order valence-electron chi connectivity index (χ0n) is 80.4. The first kappa shape index (κ1) is 112. The minimum absolute atomic E-state index is 0.0173. The fraction of sp³-hybridized carbons (Fsp3) is 0.566. The van der Waals surface area contributed by atoms with E-state index in [0.717, 1.165) is 44.7 Å². The zero-order chi connectivity index (χ0) is 97.8. The summed E-state index contributed by atoms with van der Waals surface area (Å²) in [5.74, 6) is -5.63. The summed E-state index contributed by atoms with van der Waals surface area (Å²) in [6.07, 6.45) is -0.479. The molecule has 0 fully saturated rings. The topological polar surface area (TPSA) is 424 Å². The molecule has 0 bridgehead atoms. The van der Waals surface area contributed by atoms with E-state index in [1.54, 1.807) is 77.0 Å². The summed E-state index contributed by atoms with van der Waals surface area (Å²) >= 11 is 1.08. The third kappa shape index (κ3) is 40.4. The van der Waals surface area contributed by atoms with Gasteiger partial charge in [-0.15, -0.1) is 11.3 Å². The van der Waals surface area contributed by atoms with E-state index < -0.39 is 89.4 Å². The second-order valence-electron chi connectivity index (χ2n) is 34.1. The Morgan fingerprint density at radius 2 is 1.13 bits per heavy atom. The number of unbranched alkanes of at least 4 members (excludes halogenated alkanes) is 1. The van der Waals surface area contributed by atoms with Crippen LogP contribution in [0, 0.1) is 17.3 Å². The lowest BCUT2D eigenvalue weighted by Crippen LogP contribution is -2.60. The summed E-state index contributed by atoms with van der Waals surface area (Å²) in [5, 5.41) is 32.5. The molecule has 5 aromatic carbocycles. The van der Waals surface area contributed by atoms with Gasteiger partial charge in [0, 0.05) is 57.4 Å². The number of ether oxygens (including phenoxy) is 14. The number of likely N-dealkylation sites (N-methyl/N-ethyl adjacent to an activating group) is 2. The minimum atomic E-state index is -1.45. The van der Waals surface area contributed by atoms with Crippen LogP contribution in [0.25, 0.3) is 11.1 Å². The number of carbonyl (C=O) groups excluding carboxylic acids is 9. The Hall–Kier alpha value is -10.5. The highest BCUT2D eigenvalue weighted by atomic mass is 32.1. The number of fused-ring (bicyclic) bond motifs is 3. The van der Waals surface area contributed by atoms with Gasteiger partial charge in [0.25, 0.3) is 5.91 Å². The molecule has 8 amide bonds. The van der Waals surface area contributed by atoms with Crippen molar-refractivity contribution in [3.05, 3.63) is 171 Å². The highest BCUT2D eigenvalue weighted by Gasteiger charge is 2.41. The van der Waals surface area contributed by atoms with Crippen LogP contribution in [0.15, 0.2) is 133 Å². The number of rotatable bonds is 70. The molecule has 35 nitrogen and oxygen atoms in total. The first-order chi connectivity index (χ1) is 65.0. The van der Waals surface area contributed by atoms with Crippen LogP contribution in [0.1, 0.15) is 156 Å². The van der Waals surface area contributed by atoms with Crippen molar-refractivity contribution < 1.29 is 119 Å². The molecule has 7 rings (SSSR count). The van der Waals surface area contributed by atoms with E-state index in [9.17, 15) is 53.1 Å². The molecule has 0 spiro atoms. The molecular weight excluding hydrogens is 1760 g/mol. The Morgan fingerprint density at radius 3 is 1.67 bits per heavy atom. The Kier molecular flexibility index (Phi) is 50.9. The number of amides is 8. The van der Waals surface area contributed by atoms with Gasteiger partial charge in [-0.25, -0.2) is 9.78 Å². The molecule has 1 heterocycles. The number of anilines is 1. The van der Waals surface area contributed by atoms with Crippen LogP contribution in [-0.2, 0) is 119 Å². The number of alkyl carbamates (subject to hydrolysis) is 1. The third-order valence-corrected chi connectivity index (χ3v) is 23.9. The summed E-state index contributed by atoms with van der Waals surface area (Å²) in [4.78, 5) is 145. The van der Waals surface area contributed by atoms with Crippen molar-refractivity contribution in [1.29, 1.82) is 0 Å². The molecule has 744 valence electrons. The number of hydrogen-bond acceptors (Lipinski definition) is 27. The summed E-state index contributed by atoms with van der Waals surface area (Å²) in [7, 11) is 6.87. The average molecular weight is 1900 g/mol. The highest BCUT2D eigenvalue weighted by Crippen LogP contribution is 2.45. The molecule has 7 atom stereocenters. The van der Waals surface area contributed by atoms with Crippen LogP contribution in [0.2, 0.25) is 0 Å². The highest BCUT2D eigenvalue weighted by molar-refractivity contribution is 7.09. The fourth-order valence-corrected chi connectivity index (χ4v) is 15.5. The molecule has 1 aliphatic carbocycles. The molecular formula is C99H142N10O25S. The molecule has 0 aliphatic heterocycles. The van der Waals surface area contributed by atoms with E-state index in [-0.39, 0.29) is 149 Å². The standard InChI is InChI=1S/C99H142N10O25S/c1-13-70(4)90(107-95(117)98(6,7)108(9)10)94(116)109(11)84(69(2)3)60-86(134-71(5)110)93-105-83(67-135-93)92(115)103-75(62-99(8,96(118)119)61-72-26-16-14-17-27-72)58-74-35-36-85(132-64-73-28-18-15-19-29-73)82(59-74)104-87(111)37-39-131-68-102-88(112)63-101-91(114)81(106-97(120)133-65-80-78-32-22-20-30-76(78)77-31-21-23-33-79(77)80)34-24-25-38-100-89(113)66-130-57-56-129-55-54-128-53-52-127-51-50-126-49-48-125-47-46-124-45-44-123-43-42-122-41-40-121-12/h14-23,26-33,35-36,59,67,69-70,75,80-81,84,86,90H,13,24-25,34,37-58,60-66,68H2,1-12H3,(H,100,113)(H,101,114)(H,102,112)(H,103,115)(H,104,111)(H,106,120)(H,107,117)(H,118,119)/t70-,75+,81-,84+,86+,90-,99-/m0/s1. The van der Waals surface area contributed by atoms with E-state index in [4.69, 9.17) is 71.3 Å². The van der Waals surface area contributed by atoms with Crippen molar-refractivity contribution in [2.24, 2.45) is 17.3 Å². The number of aromatic nitrogens is 1. The van der Waals surface area contributed by atoms with Crippen LogP contribution in [0.4, 0.5) is 10.5 Å². The van der Waals surface area contributed by atoms with Gasteiger partial charge in [-0.3, -0.25) is 48.1 Å². The molecule has 0 unspecified atom stereocenters. The van der Waals surface area contributed by atoms with Gasteiger partial charge in [0.2, 0.25) is 35.4 Å². The number of nitrogens with one attached hydrogen (secondary N) is 7. The molecule has 1 aliphatic rings. The van der Waals surface area contributed by atoms with E-state index >= 15 is 0 Å². The van der Waals surface area contributed by atoms with E-state index in [2.05, 4.69) is 37.2 Å². The lowest BCUT2D eigenvalue weighted by atomic mass is 9.77. The molecule has 0 radical (unpaired) electrons. The second kappa shape index (κ2) is 61.6. The van der Waals surface area contributed by atoms with Crippen molar-refractivity contribution in [3.8, 4) is 16.9 Å². The number of nitrogens with zero attached hydrogens (tertiary/aromatic N) is 3. The Morgan fingerprint density at radius 1 is 0.585 bits per heavy atom. The number of thiazole rings is 1. The first-order valence-electron chi connectivity index (χ1n) is 46.3. The van der Waals surface area contributed by atoms with E-state index in [1.165, 1.54) is 12.3 Å². The average Bonchev–Trinajstić information content (AvgIpc) is 1.61. The minimum Gasteiger partial charge on any atom is -0.487 e. The smallest absolute Gasteiger partial charge is 0.407 e. The van der Waals surface area contributed by atoms with Gasteiger partial charge >= 0.3 is 18.0 Å². The lowest BCUT2D eigenvalue weighted by molar-refractivity contribution is -0.150. The summed E-state index contributed by atoms with van der Waals surface area (Å²) < 4.78 is 78.2. The van der Waals surface area contributed by atoms with Crippen molar-refractivity contribution in [3.63, 3.8) is 0 Å². The van der Waals surface area contributed by atoms with Crippen molar-refractivity contribution in [2.75, 3.05) is 192 Å². The van der Waals surface area contributed by atoms with E-state index in [1.807, 2.05) is 137 Å². The van der Waals surface area contributed by atoms with Crippen LogP contribution in [0.5, 0.6) is 5.75 Å². The summed E-state index contributed by atoms with van der Waals surface area (Å²) in [5.41, 5.74) is 4.04. The molecule has 1 aromatic heterocycles. The first-order valence-corrected chi connectivity index (χ1v) is 47.1. The zero-order valence-corrected chi connectivity index (χ0v) is 81.2. The monoisotopic (exact) mass is 1900 g/mol. The number of esters is 1. The molecule has 135 heavy (non-hydrogen) atoms. The predicted octanol–water partition coefficient (Wildman–Crippen LogP) is 9.66. The van der Waals surface area contributed by atoms with Crippen LogP contribution in [0.3, 0.4) is 0 Å². The number of carbonyl (C=O) groups is 10. The normalized spacial score (nSPS) is 13.6. The number of carboxylic acids is 1. The van der Waals surface area contributed by atoms with Gasteiger partial charge < -0.3 is 114 Å². The number of hydrogen-bond donors (Lipinski definition) is 8. The van der Waals surface area contributed by atoms with Gasteiger partial charge in [-0.05, 0) is 136 Å². The molecule has 6 aromatic rings. The number of methoxy groups -OCH3 is 1. The lowest BCUT2D eigenvalue weighted by Gasteiger charge is -2.38. The maximum atomic E-state index is 14.8. The quantitative estimate of drug-likeness (QED) is 0.01000. The van der Waals surface area contributed by atoms with Gasteiger partial charge in [-0.2, -0.15) is 0 Å². The number of aliphatic carboxylic acids is 1. The predicted molar refractivity (Wildman–Crippen MR) is 508 cm³/mol. The number of benzene rings is 5. The van der Waals surface area contributed by atoms with Gasteiger partial charge in [0.15, 0.2) is 6.10 Å². The molecule has 0 saturated carbocycles. The van der Waals surface area contributed by atoms with Crippen molar-refractivity contribution in [1.82, 2.24) is 46.7 Å². The summed E-state index contributed by atoms with van der Waals surface area (Å²) in [6.45, 7) is 20.7. The molecule has 8 N–H and O–H groups in total. The van der Waals surface area contributed by atoms with Gasteiger partial charge in [0.1, 0.15) is 55.1 Å². The maximum Gasteiger partial charge on any atom is 0.407 e. The van der Waals surface area contributed by atoms with Crippen LogP contribution in [-0.4, -0.2) is 296 Å². The van der Waals surface area contributed by atoms with Crippen molar-refractivity contribution >= 4 is 76.4 Å². The van der Waals surface area contributed by atoms with Crippen LogP contribution >= 0.6 is 11.3 Å². The molecule has 0 saturated heterocycles. The Labute approximate surface area is 797 Å². The summed E-state index contributed by atoms with van der Waals surface area (Å²) in [6, 6.07) is 35.9. The van der Waals surface area contributed by atoms with Crippen molar-refractivity contribution in [2.45, 2.75) is 162 Å². The van der Waals surface area contributed by atoms with Crippen LogP contribution < -0.4 is 42.0 Å². The largest absolute Gasteiger partial charge is 0.487 e. The second-order valence-corrected chi connectivity index (χ2v) is 35.0. The molecule has 36 heteroatoms. The van der Waals surface area contributed by atoms with E-state index in [0.29, 0.717) is 131 Å². The van der Waals surface area contributed by atoms with Gasteiger partial charge in [-0.1, -0.05) is 149 Å². The number of carboxylic acid groups (broad SMARTS) is 1. The Balaban J connectivity index is 0.893. The third-order valence-electron chi connectivity index (χ3n) is 23.0.